The maximum Gasteiger partial charge on any atom is 0.472 e. The molecule has 0 saturated heterocycles. The van der Waals surface area contributed by atoms with Gasteiger partial charge in [0.1, 0.15) is 19.3 Å². The predicted molar refractivity (Wildman–Crippen MR) is 386 cm³/mol. The van der Waals surface area contributed by atoms with Crippen molar-refractivity contribution in [2.24, 2.45) is 23.7 Å². The molecule has 0 aromatic carbocycles. The Bertz CT molecular complexity index is 1870. The molecule has 0 spiro atoms. The Labute approximate surface area is 581 Å². The van der Waals surface area contributed by atoms with Crippen LogP contribution in [0.25, 0.3) is 0 Å². The van der Waals surface area contributed by atoms with Gasteiger partial charge in [0.2, 0.25) is 0 Å². The van der Waals surface area contributed by atoms with Gasteiger partial charge < -0.3 is 33.8 Å². The lowest BCUT2D eigenvalue weighted by molar-refractivity contribution is -0.161. The molecule has 0 saturated carbocycles. The molecule has 0 aliphatic heterocycles. The van der Waals surface area contributed by atoms with Crippen LogP contribution in [0.2, 0.25) is 0 Å². The number of carbonyl (C=O) groups excluding carboxylic acids is 4. The Morgan fingerprint density at radius 2 is 0.505 bits per heavy atom. The highest BCUT2D eigenvalue weighted by atomic mass is 31.2. The second-order valence-electron chi connectivity index (χ2n) is 28.8. The summed E-state index contributed by atoms with van der Waals surface area (Å²) in [4.78, 5) is 72.8. The third kappa shape index (κ3) is 67.6. The average Bonchev–Trinajstić information content (AvgIpc) is 1.39. The Hall–Kier alpha value is -1.94. The first-order chi connectivity index (χ1) is 45.7. The zero-order valence-electron chi connectivity index (χ0n) is 62.3. The minimum absolute atomic E-state index is 0.104. The van der Waals surface area contributed by atoms with E-state index < -0.39 is 97.5 Å². The van der Waals surface area contributed by atoms with Crippen LogP contribution in [-0.2, 0) is 65.4 Å². The lowest BCUT2D eigenvalue weighted by Gasteiger charge is -2.21. The highest BCUT2D eigenvalue weighted by molar-refractivity contribution is 7.47. The molecule has 95 heavy (non-hydrogen) atoms. The summed E-state index contributed by atoms with van der Waals surface area (Å²) in [5.41, 5.74) is 0. The van der Waals surface area contributed by atoms with Gasteiger partial charge in [0.05, 0.1) is 26.4 Å². The molecule has 7 atom stereocenters. The maximum atomic E-state index is 13.1. The van der Waals surface area contributed by atoms with Crippen molar-refractivity contribution in [3.05, 3.63) is 0 Å². The number of aliphatic hydroxyl groups is 1. The largest absolute Gasteiger partial charge is 0.472 e. The summed E-state index contributed by atoms with van der Waals surface area (Å²) in [6.07, 6.45) is 49.8. The summed E-state index contributed by atoms with van der Waals surface area (Å²) >= 11 is 0. The van der Waals surface area contributed by atoms with Crippen LogP contribution in [0.5, 0.6) is 0 Å². The standard InChI is InChI=1S/C76H148O17P2/c1-9-68(7)54-46-38-30-21-15-13-11-12-14-16-24-34-42-50-58-75(80)92-71(62-86-73(78)56-48-40-32-23-18-17-22-31-39-47-55-69(8)10-2)64-90-94(82,83)88-60-70(77)61-89-95(84,85)91-65-72(63-87-74(79)57-49-41-33-27-26-29-37-45-53-67(5)6)93-76(81)59-51-43-35-25-19-20-28-36-44-52-66(3)4/h66-72,77H,9-65H2,1-8H3,(H,82,83)(H,84,85)/t68?,69?,70?,71-,72-/m1/s1. The van der Waals surface area contributed by atoms with Gasteiger partial charge in [0, 0.05) is 25.7 Å². The minimum Gasteiger partial charge on any atom is -0.462 e. The van der Waals surface area contributed by atoms with E-state index in [4.69, 9.17) is 37.0 Å². The van der Waals surface area contributed by atoms with Gasteiger partial charge >= 0.3 is 39.5 Å². The fraction of sp³-hybridized carbons (Fsp3) is 0.947. The lowest BCUT2D eigenvalue weighted by Crippen LogP contribution is -2.30. The van der Waals surface area contributed by atoms with Crippen LogP contribution in [0.1, 0.15) is 383 Å². The number of ether oxygens (including phenoxy) is 4. The van der Waals surface area contributed by atoms with Crippen LogP contribution in [0, 0.1) is 23.7 Å². The van der Waals surface area contributed by atoms with Crippen LogP contribution in [0.3, 0.4) is 0 Å². The number of hydrogen-bond donors (Lipinski definition) is 3. The smallest absolute Gasteiger partial charge is 0.462 e. The fourth-order valence-corrected chi connectivity index (χ4v) is 13.1. The summed E-state index contributed by atoms with van der Waals surface area (Å²) in [5, 5.41) is 10.6. The van der Waals surface area contributed by atoms with Gasteiger partial charge in [-0.2, -0.15) is 0 Å². The van der Waals surface area contributed by atoms with E-state index in [0.29, 0.717) is 25.7 Å². The molecule has 564 valence electrons. The SMILES string of the molecule is CCC(C)CCCCCCCCCCCCCCCCC(=O)O[C@H](COC(=O)CCCCCCCCCCCCC(C)CC)COP(=O)(O)OCC(O)COP(=O)(O)OC[C@@H](COC(=O)CCCCCCCCCCC(C)C)OC(=O)CCCCCCCCCCCC(C)C. The number of rotatable bonds is 73. The van der Waals surface area contributed by atoms with Crippen molar-refractivity contribution in [3.63, 3.8) is 0 Å². The number of phosphoric ester groups is 2. The van der Waals surface area contributed by atoms with Crippen LogP contribution in [0.15, 0.2) is 0 Å². The molecule has 0 rings (SSSR count). The highest BCUT2D eigenvalue weighted by Crippen LogP contribution is 2.45. The number of carbonyl (C=O) groups is 4. The molecular formula is C76H148O17P2. The Morgan fingerprint density at radius 3 is 0.747 bits per heavy atom. The molecule has 5 unspecified atom stereocenters. The number of esters is 4. The van der Waals surface area contributed by atoms with Crippen LogP contribution in [-0.4, -0.2) is 96.7 Å². The number of aliphatic hydroxyl groups excluding tert-OH is 1. The quantitative estimate of drug-likeness (QED) is 0.0222. The van der Waals surface area contributed by atoms with Gasteiger partial charge in [-0.1, -0.05) is 331 Å². The van der Waals surface area contributed by atoms with Crippen LogP contribution < -0.4 is 0 Å². The van der Waals surface area contributed by atoms with Gasteiger partial charge in [0.25, 0.3) is 0 Å². The molecular weight excluding hydrogens is 1250 g/mol. The first-order valence-electron chi connectivity index (χ1n) is 39.3. The monoisotopic (exact) mass is 1400 g/mol. The summed E-state index contributed by atoms with van der Waals surface area (Å²) in [5.74, 6) is 0.997. The van der Waals surface area contributed by atoms with E-state index in [2.05, 4.69) is 55.4 Å². The van der Waals surface area contributed by atoms with Gasteiger partial charge in [-0.15, -0.1) is 0 Å². The van der Waals surface area contributed by atoms with Gasteiger partial charge in [-0.25, -0.2) is 9.13 Å². The topological polar surface area (TPSA) is 237 Å². The Kier molecular flexibility index (Phi) is 64.0. The van der Waals surface area contributed by atoms with Crippen molar-refractivity contribution in [1.82, 2.24) is 0 Å². The summed E-state index contributed by atoms with van der Waals surface area (Å²) in [6.45, 7) is 14.2. The van der Waals surface area contributed by atoms with Crippen LogP contribution in [0.4, 0.5) is 0 Å². The van der Waals surface area contributed by atoms with E-state index in [9.17, 15) is 43.2 Å². The molecule has 0 radical (unpaired) electrons. The van der Waals surface area contributed by atoms with Crippen molar-refractivity contribution in [2.45, 2.75) is 401 Å². The van der Waals surface area contributed by atoms with Crippen molar-refractivity contribution >= 4 is 39.5 Å². The minimum atomic E-state index is -4.96. The molecule has 0 bridgehead atoms. The predicted octanol–water partition coefficient (Wildman–Crippen LogP) is 22.0. The zero-order valence-corrected chi connectivity index (χ0v) is 64.1. The fourth-order valence-electron chi connectivity index (χ4n) is 11.5. The second-order valence-corrected chi connectivity index (χ2v) is 31.7. The maximum absolute atomic E-state index is 13.1. The number of unbranched alkanes of at least 4 members (excludes halogenated alkanes) is 37. The lowest BCUT2D eigenvalue weighted by atomic mass is 9.99. The highest BCUT2D eigenvalue weighted by Gasteiger charge is 2.30. The first kappa shape index (κ1) is 93.1. The zero-order chi connectivity index (χ0) is 70.3. The van der Waals surface area contributed by atoms with E-state index >= 15 is 0 Å². The molecule has 0 aromatic rings. The molecule has 0 fully saturated rings. The van der Waals surface area contributed by atoms with Crippen molar-refractivity contribution < 1.29 is 80.2 Å². The normalized spacial score (nSPS) is 14.7. The molecule has 0 aliphatic rings. The second kappa shape index (κ2) is 65.4. The van der Waals surface area contributed by atoms with E-state index in [1.54, 1.807) is 0 Å². The summed E-state index contributed by atoms with van der Waals surface area (Å²) in [7, 11) is -9.91. The van der Waals surface area contributed by atoms with Crippen molar-refractivity contribution in [3.8, 4) is 0 Å². The van der Waals surface area contributed by atoms with Crippen molar-refractivity contribution in [2.75, 3.05) is 39.6 Å². The van der Waals surface area contributed by atoms with E-state index in [1.165, 1.54) is 186 Å². The van der Waals surface area contributed by atoms with Gasteiger partial charge in [0.15, 0.2) is 12.2 Å². The van der Waals surface area contributed by atoms with E-state index in [0.717, 1.165) is 114 Å². The van der Waals surface area contributed by atoms with E-state index in [-0.39, 0.29) is 25.7 Å². The third-order valence-corrected chi connectivity index (χ3v) is 20.2. The molecule has 0 amide bonds. The molecule has 0 aromatic heterocycles. The van der Waals surface area contributed by atoms with Crippen LogP contribution >= 0.6 is 15.6 Å². The molecule has 0 heterocycles. The average molecular weight is 1400 g/mol. The third-order valence-electron chi connectivity index (χ3n) is 18.3. The molecule has 3 N–H and O–H groups in total. The number of hydrogen-bond acceptors (Lipinski definition) is 15. The Balaban J connectivity index is 5.26. The van der Waals surface area contributed by atoms with Gasteiger partial charge in [-0.05, 0) is 49.4 Å². The molecule has 19 heteroatoms. The van der Waals surface area contributed by atoms with Crippen molar-refractivity contribution in [1.29, 1.82) is 0 Å². The molecule has 0 aliphatic carbocycles. The van der Waals surface area contributed by atoms with E-state index in [1.807, 2.05) is 0 Å². The summed E-state index contributed by atoms with van der Waals surface area (Å²) in [6, 6.07) is 0. The summed E-state index contributed by atoms with van der Waals surface area (Å²) < 4.78 is 68.5. The first-order valence-corrected chi connectivity index (χ1v) is 42.3. The number of phosphoric acid groups is 2. The Morgan fingerprint density at radius 1 is 0.295 bits per heavy atom. The molecule has 17 nitrogen and oxygen atoms in total. The van der Waals surface area contributed by atoms with Gasteiger partial charge in [-0.3, -0.25) is 37.3 Å².